The summed E-state index contributed by atoms with van der Waals surface area (Å²) in [5, 5.41) is 12.5. The molecule has 1 saturated carbocycles. The summed E-state index contributed by atoms with van der Waals surface area (Å²) in [7, 11) is 0. The maximum absolute atomic E-state index is 11.7. The Hall–Kier alpha value is -1.78. The first-order chi connectivity index (χ1) is 16.4. The lowest BCUT2D eigenvalue weighted by molar-refractivity contribution is -0.147. The van der Waals surface area contributed by atoms with E-state index < -0.39 is 5.97 Å². The van der Waals surface area contributed by atoms with Gasteiger partial charge < -0.3 is 9.84 Å². The van der Waals surface area contributed by atoms with Gasteiger partial charge in [-0.05, 0) is 87.3 Å². The maximum atomic E-state index is 11.7. The number of piperidine rings is 2. The number of carboxylic acids is 1. The lowest BCUT2D eigenvalue weighted by Crippen LogP contribution is -2.53. The molecule has 3 fully saturated rings. The van der Waals surface area contributed by atoms with Gasteiger partial charge >= 0.3 is 5.97 Å². The summed E-state index contributed by atoms with van der Waals surface area (Å²) in [5.41, 5.74) is 1.28. The highest BCUT2D eigenvalue weighted by atomic mass is 35.5. The van der Waals surface area contributed by atoms with Crippen LogP contribution in [0.25, 0.3) is 10.8 Å². The molecule has 2 aromatic rings. The number of ether oxygens (including phenoxy) is 1. The van der Waals surface area contributed by atoms with Crippen molar-refractivity contribution < 1.29 is 14.6 Å². The topological polar surface area (TPSA) is 49.8 Å². The number of benzene rings is 2. The third kappa shape index (κ3) is 4.68. The van der Waals surface area contributed by atoms with Crippen molar-refractivity contribution in [3.05, 3.63) is 40.9 Å². The predicted octanol–water partition coefficient (Wildman–Crippen LogP) is 7.62. The van der Waals surface area contributed by atoms with Crippen LogP contribution in [0.15, 0.2) is 30.3 Å². The van der Waals surface area contributed by atoms with E-state index in [4.69, 9.17) is 16.3 Å². The Balaban J connectivity index is 1.33. The van der Waals surface area contributed by atoms with Gasteiger partial charge in [-0.15, -0.1) is 0 Å². The lowest BCUT2D eigenvalue weighted by Gasteiger charge is -2.51. The van der Waals surface area contributed by atoms with Crippen LogP contribution in [0.3, 0.4) is 0 Å². The minimum atomic E-state index is -0.624. The normalized spacial score (nSPS) is 30.7. The van der Waals surface area contributed by atoms with E-state index in [-0.39, 0.29) is 18.1 Å². The molecule has 5 rings (SSSR count). The van der Waals surface area contributed by atoms with Gasteiger partial charge in [0, 0.05) is 23.5 Å². The monoisotopic (exact) mass is 483 g/mol. The van der Waals surface area contributed by atoms with E-state index in [1.165, 1.54) is 31.2 Å². The second-order valence-corrected chi connectivity index (χ2v) is 11.3. The Bertz CT molecular complexity index is 1020. The Kier molecular flexibility index (Phi) is 7.09. The molecule has 0 amide bonds. The summed E-state index contributed by atoms with van der Waals surface area (Å²) >= 11 is 6.83. The summed E-state index contributed by atoms with van der Waals surface area (Å²) < 4.78 is 6.35. The average molecular weight is 484 g/mol. The predicted molar refractivity (Wildman–Crippen MR) is 138 cm³/mol. The lowest BCUT2D eigenvalue weighted by atomic mass is 9.77. The molecule has 1 N–H and O–H groups in total. The van der Waals surface area contributed by atoms with E-state index in [2.05, 4.69) is 43.0 Å². The van der Waals surface area contributed by atoms with Crippen LogP contribution in [0.4, 0.5) is 0 Å². The number of rotatable bonds is 6. The first kappa shape index (κ1) is 23.9. The second kappa shape index (κ2) is 10.1. The molecule has 5 heteroatoms. The van der Waals surface area contributed by atoms with Crippen LogP contribution < -0.4 is 4.74 Å². The zero-order valence-corrected chi connectivity index (χ0v) is 21.3. The molecule has 2 heterocycles. The van der Waals surface area contributed by atoms with Crippen molar-refractivity contribution in [2.24, 2.45) is 11.8 Å². The molecule has 2 bridgehead atoms. The number of carboxylic acid groups (broad SMARTS) is 1. The summed E-state index contributed by atoms with van der Waals surface area (Å²) in [6.45, 7) is 4.56. The quantitative estimate of drug-likeness (QED) is 0.459. The molecular formula is C29H38ClNO3. The minimum absolute atomic E-state index is 0.190. The summed E-state index contributed by atoms with van der Waals surface area (Å²) in [6.07, 6.45) is 11.2. The van der Waals surface area contributed by atoms with E-state index in [0.717, 1.165) is 61.0 Å². The second-order valence-electron chi connectivity index (χ2n) is 10.9. The molecule has 3 unspecified atom stereocenters. The van der Waals surface area contributed by atoms with Crippen LogP contribution in [0.2, 0.25) is 5.02 Å². The molecule has 3 atom stereocenters. The highest BCUT2D eigenvalue weighted by Crippen LogP contribution is 2.43. The number of halogens is 1. The summed E-state index contributed by atoms with van der Waals surface area (Å²) in [4.78, 5) is 14.3. The van der Waals surface area contributed by atoms with Crippen LogP contribution in [-0.4, -0.2) is 34.2 Å². The fourth-order valence-corrected chi connectivity index (χ4v) is 7.18. The average Bonchev–Trinajstić information content (AvgIpc) is 2.84. The van der Waals surface area contributed by atoms with E-state index >= 15 is 0 Å². The number of carbonyl (C=O) groups is 1. The zero-order valence-electron chi connectivity index (χ0n) is 20.5. The van der Waals surface area contributed by atoms with Gasteiger partial charge in [0.2, 0.25) is 0 Å². The SMILES string of the molecule is CCC1CCC(Oc2ccc3cc(C(C)N4C5CCCC4CC(C(=O)O)C5)ccc3c2Cl)CC1. The van der Waals surface area contributed by atoms with Crippen molar-refractivity contribution in [3.63, 3.8) is 0 Å². The first-order valence-corrected chi connectivity index (χ1v) is 13.7. The molecule has 0 spiro atoms. The molecule has 184 valence electrons. The molecule has 0 aromatic heterocycles. The van der Waals surface area contributed by atoms with Crippen LogP contribution in [0, 0.1) is 11.8 Å². The Morgan fingerprint density at radius 2 is 1.79 bits per heavy atom. The fourth-order valence-electron chi connectivity index (χ4n) is 6.90. The third-order valence-electron chi connectivity index (χ3n) is 8.92. The summed E-state index contributed by atoms with van der Waals surface area (Å²) in [5.74, 6) is 0.840. The van der Waals surface area contributed by atoms with Crippen LogP contribution in [0.5, 0.6) is 5.75 Å². The molecular weight excluding hydrogens is 446 g/mol. The van der Waals surface area contributed by atoms with Gasteiger partial charge in [-0.3, -0.25) is 9.69 Å². The highest BCUT2D eigenvalue weighted by molar-refractivity contribution is 6.37. The van der Waals surface area contributed by atoms with Crippen molar-refractivity contribution in [1.29, 1.82) is 0 Å². The Labute approximate surface area is 208 Å². The van der Waals surface area contributed by atoms with E-state index in [1.807, 2.05) is 6.07 Å². The molecule has 34 heavy (non-hydrogen) atoms. The van der Waals surface area contributed by atoms with E-state index in [0.29, 0.717) is 17.1 Å². The van der Waals surface area contributed by atoms with Gasteiger partial charge in [0.15, 0.2) is 0 Å². The molecule has 1 aliphatic carbocycles. The van der Waals surface area contributed by atoms with Crippen LogP contribution in [0.1, 0.15) is 89.7 Å². The summed E-state index contributed by atoms with van der Waals surface area (Å²) in [6, 6.07) is 11.8. The minimum Gasteiger partial charge on any atom is -0.489 e. The van der Waals surface area contributed by atoms with Crippen LogP contribution in [-0.2, 0) is 4.79 Å². The number of hydrogen-bond acceptors (Lipinski definition) is 3. The fraction of sp³-hybridized carbons (Fsp3) is 0.621. The molecule has 2 saturated heterocycles. The largest absolute Gasteiger partial charge is 0.489 e. The van der Waals surface area contributed by atoms with Gasteiger partial charge in [-0.2, -0.15) is 0 Å². The van der Waals surface area contributed by atoms with Crippen molar-refractivity contribution in [1.82, 2.24) is 4.90 Å². The number of nitrogens with zero attached hydrogens (tertiary/aromatic N) is 1. The third-order valence-corrected chi connectivity index (χ3v) is 9.31. The Morgan fingerprint density at radius 3 is 2.44 bits per heavy atom. The van der Waals surface area contributed by atoms with Gasteiger partial charge in [0.25, 0.3) is 0 Å². The highest BCUT2D eigenvalue weighted by Gasteiger charge is 2.42. The van der Waals surface area contributed by atoms with Gasteiger partial charge in [0.1, 0.15) is 5.75 Å². The first-order valence-electron chi connectivity index (χ1n) is 13.3. The van der Waals surface area contributed by atoms with E-state index in [9.17, 15) is 9.90 Å². The molecule has 3 aliphatic rings. The number of hydrogen-bond donors (Lipinski definition) is 1. The smallest absolute Gasteiger partial charge is 0.306 e. The van der Waals surface area contributed by atoms with Gasteiger partial charge in [0.05, 0.1) is 17.0 Å². The van der Waals surface area contributed by atoms with Gasteiger partial charge in [-0.25, -0.2) is 0 Å². The van der Waals surface area contributed by atoms with Crippen LogP contribution >= 0.6 is 11.6 Å². The van der Waals surface area contributed by atoms with Crippen molar-refractivity contribution in [2.75, 3.05) is 0 Å². The van der Waals surface area contributed by atoms with Crippen molar-refractivity contribution >= 4 is 28.3 Å². The van der Waals surface area contributed by atoms with Gasteiger partial charge in [-0.1, -0.05) is 49.6 Å². The number of aliphatic carboxylic acids is 1. The molecule has 2 aliphatic heterocycles. The standard InChI is InChI=1S/C29H38ClNO3/c1-3-19-7-11-25(12-8-19)34-27-14-10-21-15-20(9-13-26(21)28(27)30)18(2)31-23-5-4-6-24(31)17-22(16-23)29(32)33/h9-10,13-15,18-19,22-25H,3-8,11-12,16-17H2,1-2H3,(H,32,33). The molecule has 2 aromatic carbocycles. The van der Waals surface area contributed by atoms with E-state index in [1.54, 1.807) is 0 Å². The number of fused-ring (bicyclic) bond motifs is 3. The molecule has 0 radical (unpaired) electrons. The van der Waals surface area contributed by atoms with Crippen molar-refractivity contribution in [3.8, 4) is 5.75 Å². The molecule has 4 nitrogen and oxygen atoms in total. The van der Waals surface area contributed by atoms with Crippen molar-refractivity contribution in [2.45, 2.75) is 102 Å². The Morgan fingerprint density at radius 1 is 1.09 bits per heavy atom. The maximum Gasteiger partial charge on any atom is 0.306 e. The zero-order chi connectivity index (χ0) is 23.8.